The van der Waals surface area contributed by atoms with Gasteiger partial charge in [0.15, 0.2) is 5.60 Å². The van der Waals surface area contributed by atoms with Gasteiger partial charge < -0.3 is 15.2 Å². The Morgan fingerprint density at radius 2 is 2.05 bits per heavy atom. The first-order chi connectivity index (χ1) is 8.86. The number of nitrogens with one attached hydrogen (secondary N) is 1. The molecule has 0 bridgehead atoms. The highest BCUT2D eigenvalue weighted by atomic mass is 16.6. The number of esters is 1. The maximum atomic E-state index is 11.9. The van der Waals surface area contributed by atoms with E-state index in [4.69, 9.17) is 4.74 Å². The number of ether oxygens (including phenoxy) is 1. The summed E-state index contributed by atoms with van der Waals surface area (Å²) in [6.45, 7) is 5.26. The summed E-state index contributed by atoms with van der Waals surface area (Å²) in [5.41, 5.74) is 1.35. The van der Waals surface area contributed by atoms with Crippen LogP contribution >= 0.6 is 0 Å². The van der Waals surface area contributed by atoms with Gasteiger partial charge in [0.1, 0.15) is 5.76 Å². The molecule has 0 aromatic heterocycles. The summed E-state index contributed by atoms with van der Waals surface area (Å²) in [7, 11) is 1.84. The number of rotatable bonds is 3. The number of hydrogen-bond donors (Lipinski definition) is 2. The van der Waals surface area contributed by atoms with Crippen molar-refractivity contribution in [2.75, 3.05) is 12.4 Å². The van der Waals surface area contributed by atoms with E-state index in [1.165, 1.54) is 0 Å². The summed E-state index contributed by atoms with van der Waals surface area (Å²) in [4.78, 5) is 11.9. The molecular weight excluding hydrogens is 242 g/mol. The first-order valence-corrected chi connectivity index (χ1v) is 6.31. The largest absolute Gasteiger partial charge is 0.507 e. The van der Waals surface area contributed by atoms with Crippen LogP contribution in [-0.2, 0) is 9.53 Å². The van der Waals surface area contributed by atoms with Crippen LogP contribution in [0.2, 0.25) is 0 Å². The molecule has 19 heavy (non-hydrogen) atoms. The lowest BCUT2D eigenvalue weighted by molar-refractivity contribution is -0.145. The lowest BCUT2D eigenvalue weighted by Crippen LogP contribution is -2.22. The van der Waals surface area contributed by atoms with Gasteiger partial charge in [-0.25, -0.2) is 4.79 Å². The quantitative estimate of drug-likeness (QED) is 0.821. The molecule has 0 saturated heterocycles. The van der Waals surface area contributed by atoms with Crippen molar-refractivity contribution in [1.29, 1.82) is 0 Å². The molecule has 0 saturated carbocycles. The Kier molecular flexibility index (Phi) is 3.27. The van der Waals surface area contributed by atoms with Crippen LogP contribution in [0.1, 0.15) is 32.3 Å². The molecule has 1 aromatic carbocycles. The number of hydrogen-bond acceptors (Lipinski definition) is 4. The highest BCUT2D eigenvalue weighted by molar-refractivity contribution is 5.94. The molecule has 1 heterocycles. The minimum atomic E-state index is -0.929. The Bertz CT molecular complexity index is 546. The average molecular weight is 261 g/mol. The topological polar surface area (TPSA) is 58.6 Å². The van der Waals surface area contributed by atoms with Gasteiger partial charge >= 0.3 is 5.97 Å². The molecule has 1 unspecified atom stereocenters. The molecule has 4 heteroatoms. The van der Waals surface area contributed by atoms with Crippen LogP contribution in [0.15, 0.2) is 35.6 Å². The van der Waals surface area contributed by atoms with Gasteiger partial charge in [-0.2, -0.15) is 0 Å². The molecule has 0 aliphatic carbocycles. The zero-order chi connectivity index (χ0) is 14.2. The SMILES string of the molecule is CNc1cccc(C(C)C2=C(O)C(C)(C)OC2=O)c1. The predicted molar refractivity (Wildman–Crippen MR) is 74.2 cm³/mol. The maximum absolute atomic E-state index is 11.9. The second-order valence-corrected chi connectivity index (χ2v) is 5.26. The number of aliphatic hydroxyl groups excluding tert-OH is 1. The lowest BCUT2D eigenvalue weighted by Gasteiger charge is -2.16. The highest BCUT2D eigenvalue weighted by Crippen LogP contribution is 2.38. The van der Waals surface area contributed by atoms with Gasteiger partial charge in [0.05, 0.1) is 5.57 Å². The Morgan fingerprint density at radius 3 is 2.58 bits per heavy atom. The van der Waals surface area contributed by atoms with Crippen molar-refractivity contribution >= 4 is 11.7 Å². The Morgan fingerprint density at radius 1 is 1.37 bits per heavy atom. The van der Waals surface area contributed by atoms with Crippen molar-refractivity contribution in [3.8, 4) is 0 Å². The standard InChI is InChI=1S/C15H19NO3/c1-9(10-6-5-7-11(8-10)16-4)12-13(17)15(2,3)19-14(12)18/h5-9,16-17H,1-4H3. The smallest absolute Gasteiger partial charge is 0.339 e. The van der Waals surface area contributed by atoms with Gasteiger partial charge in [0.2, 0.25) is 0 Å². The Balaban J connectivity index is 2.41. The molecule has 0 spiro atoms. The van der Waals surface area contributed by atoms with Gasteiger partial charge in [-0.05, 0) is 31.5 Å². The second-order valence-electron chi connectivity index (χ2n) is 5.26. The fourth-order valence-corrected chi connectivity index (χ4v) is 2.27. The van der Waals surface area contributed by atoms with Crippen LogP contribution < -0.4 is 5.32 Å². The molecular formula is C15H19NO3. The van der Waals surface area contributed by atoms with Crippen molar-refractivity contribution in [3.05, 3.63) is 41.2 Å². The Hall–Kier alpha value is -1.97. The summed E-state index contributed by atoms with van der Waals surface area (Å²) in [5.74, 6) is -0.618. The van der Waals surface area contributed by atoms with Crippen LogP contribution in [0.3, 0.4) is 0 Å². The third-order valence-electron chi connectivity index (χ3n) is 3.50. The Labute approximate surface area is 113 Å². The molecule has 2 N–H and O–H groups in total. The van der Waals surface area contributed by atoms with E-state index in [2.05, 4.69) is 5.32 Å². The van der Waals surface area contributed by atoms with E-state index in [0.29, 0.717) is 5.57 Å². The number of anilines is 1. The second kappa shape index (κ2) is 4.61. The van der Waals surface area contributed by atoms with Gasteiger partial charge in [-0.1, -0.05) is 19.1 Å². The molecule has 1 aliphatic rings. The van der Waals surface area contributed by atoms with Crippen molar-refractivity contribution in [1.82, 2.24) is 0 Å². The van der Waals surface area contributed by atoms with Gasteiger partial charge in [0.25, 0.3) is 0 Å². The summed E-state index contributed by atoms with van der Waals surface area (Å²) in [6, 6.07) is 7.76. The summed E-state index contributed by atoms with van der Waals surface area (Å²) in [5, 5.41) is 13.2. The fraction of sp³-hybridized carbons (Fsp3) is 0.400. The maximum Gasteiger partial charge on any atom is 0.339 e. The van der Waals surface area contributed by atoms with Crippen LogP contribution in [0.4, 0.5) is 5.69 Å². The van der Waals surface area contributed by atoms with Crippen LogP contribution in [0.5, 0.6) is 0 Å². The third kappa shape index (κ3) is 2.30. The molecule has 1 aromatic rings. The minimum Gasteiger partial charge on any atom is -0.507 e. The van der Waals surface area contributed by atoms with E-state index in [0.717, 1.165) is 11.3 Å². The summed E-state index contributed by atoms with van der Waals surface area (Å²) >= 11 is 0. The number of carbonyl (C=O) groups excluding carboxylic acids is 1. The average Bonchev–Trinajstić information content (AvgIpc) is 2.58. The molecule has 0 fully saturated rings. The normalized spacial score (nSPS) is 19.3. The van der Waals surface area contributed by atoms with Crippen molar-refractivity contribution in [2.45, 2.75) is 32.3 Å². The zero-order valence-electron chi connectivity index (χ0n) is 11.7. The molecule has 0 amide bonds. The van der Waals surface area contributed by atoms with E-state index in [1.54, 1.807) is 13.8 Å². The first kappa shape index (κ1) is 13.5. The van der Waals surface area contributed by atoms with Crippen molar-refractivity contribution in [3.63, 3.8) is 0 Å². The van der Waals surface area contributed by atoms with Crippen LogP contribution in [-0.4, -0.2) is 23.7 Å². The summed E-state index contributed by atoms with van der Waals surface area (Å²) in [6.07, 6.45) is 0. The molecule has 102 valence electrons. The predicted octanol–water partition coefficient (Wildman–Crippen LogP) is 2.98. The monoisotopic (exact) mass is 261 g/mol. The third-order valence-corrected chi connectivity index (χ3v) is 3.50. The number of carbonyl (C=O) groups is 1. The molecule has 1 aliphatic heterocycles. The molecule has 1 atom stereocenters. The highest BCUT2D eigenvalue weighted by Gasteiger charge is 2.42. The molecule has 4 nitrogen and oxygen atoms in total. The summed E-state index contributed by atoms with van der Waals surface area (Å²) < 4.78 is 5.19. The number of cyclic esters (lactones) is 1. The van der Waals surface area contributed by atoms with E-state index in [9.17, 15) is 9.90 Å². The van der Waals surface area contributed by atoms with Crippen molar-refractivity contribution in [2.24, 2.45) is 0 Å². The zero-order valence-corrected chi connectivity index (χ0v) is 11.7. The van der Waals surface area contributed by atoms with E-state index in [-0.39, 0.29) is 11.7 Å². The van der Waals surface area contributed by atoms with Gasteiger partial charge in [-0.15, -0.1) is 0 Å². The van der Waals surface area contributed by atoms with E-state index < -0.39 is 11.6 Å². The first-order valence-electron chi connectivity index (χ1n) is 6.31. The number of aliphatic hydroxyl groups is 1. The van der Waals surface area contributed by atoms with E-state index in [1.807, 2.05) is 38.2 Å². The van der Waals surface area contributed by atoms with Gasteiger partial charge in [0, 0.05) is 18.7 Å². The number of benzene rings is 1. The molecule has 0 radical (unpaired) electrons. The van der Waals surface area contributed by atoms with Crippen LogP contribution in [0.25, 0.3) is 0 Å². The van der Waals surface area contributed by atoms with Crippen LogP contribution in [0, 0.1) is 0 Å². The van der Waals surface area contributed by atoms with Crippen molar-refractivity contribution < 1.29 is 14.6 Å². The fourth-order valence-electron chi connectivity index (χ4n) is 2.27. The van der Waals surface area contributed by atoms with Gasteiger partial charge in [-0.3, -0.25) is 0 Å². The van der Waals surface area contributed by atoms with E-state index >= 15 is 0 Å². The lowest BCUT2D eigenvalue weighted by atomic mass is 9.90. The minimum absolute atomic E-state index is 0.0276. The molecule has 2 rings (SSSR count).